The van der Waals surface area contributed by atoms with Crippen LogP contribution >= 0.6 is 12.4 Å². The second-order valence-corrected chi connectivity index (χ2v) is 5.90. The molecule has 2 N–H and O–H groups in total. The molecular weight excluding hydrogens is 356 g/mol. The predicted molar refractivity (Wildman–Crippen MR) is 104 cm³/mol. The second kappa shape index (κ2) is 10.6. The summed E-state index contributed by atoms with van der Waals surface area (Å²) in [6.45, 7) is 5.24. The first-order chi connectivity index (χ1) is 12.0. The Hall–Kier alpha value is -2.38. The number of halogens is 1. The SMILES string of the molecule is CCN[C@H](C)CNC(=O)Cn1c(=O)ccn(Cc2ccccc2)c1=O.Cl. The summed E-state index contributed by atoms with van der Waals surface area (Å²) in [7, 11) is 0. The summed E-state index contributed by atoms with van der Waals surface area (Å²) >= 11 is 0. The lowest BCUT2D eigenvalue weighted by Crippen LogP contribution is -2.45. The van der Waals surface area contributed by atoms with Crippen LogP contribution in [0.4, 0.5) is 0 Å². The zero-order valence-electron chi connectivity index (χ0n) is 15.0. The summed E-state index contributed by atoms with van der Waals surface area (Å²) in [6, 6.07) is 10.9. The number of nitrogens with one attached hydrogen (secondary N) is 2. The minimum absolute atomic E-state index is 0. The van der Waals surface area contributed by atoms with Crippen molar-refractivity contribution < 1.29 is 4.79 Å². The maximum Gasteiger partial charge on any atom is 0.331 e. The fourth-order valence-corrected chi connectivity index (χ4v) is 2.49. The van der Waals surface area contributed by atoms with Crippen molar-refractivity contribution >= 4 is 18.3 Å². The van der Waals surface area contributed by atoms with Crippen LogP contribution in [0.25, 0.3) is 0 Å². The quantitative estimate of drug-likeness (QED) is 0.702. The molecule has 0 saturated heterocycles. The van der Waals surface area contributed by atoms with E-state index in [1.807, 2.05) is 44.2 Å². The first-order valence-corrected chi connectivity index (χ1v) is 8.35. The van der Waals surface area contributed by atoms with E-state index in [-0.39, 0.29) is 30.9 Å². The number of aromatic nitrogens is 2. The van der Waals surface area contributed by atoms with Crippen molar-refractivity contribution in [3.63, 3.8) is 0 Å². The molecule has 1 aromatic heterocycles. The average Bonchev–Trinajstić information content (AvgIpc) is 2.60. The first kappa shape index (κ1) is 21.7. The Morgan fingerprint density at radius 2 is 1.85 bits per heavy atom. The van der Waals surface area contributed by atoms with Gasteiger partial charge in [-0.2, -0.15) is 0 Å². The molecule has 0 aliphatic heterocycles. The first-order valence-electron chi connectivity index (χ1n) is 8.35. The number of carbonyl (C=O) groups is 1. The van der Waals surface area contributed by atoms with E-state index in [4.69, 9.17) is 0 Å². The Labute approximate surface area is 158 Å². The Morgan fingerprint density at radius 3 is 2.50 bits per heavy atom. The molecular formula is C18H25ClN4O3. The van der Waals surface area contributed by atoms with E-state index < -0.39 is 11.2 Å². The van der Waals surface area contributed by atoms with E-state index in [0.29, 0.717) is 13.1 Å². The molecule has 1 aromatic carbocycles. The summed E-state index contributed by atoms with van der Waals surface area (Å²) in [4.78, 5) is 36.5. The number of likely N-dealkylation sites (N-methyl/N-ethyl adjacent to an activating group) is 1. The lowest BCUT2D eigenvalue weighted by atomic mass is 10.2. The smallest absolute Gasteiger partial charge is 0.331 e. The molecule has 1 heterocycles. The van der Waals surface area contributed by atoms with Crippen molar-refractivity contribution in [2.75, 3.05) is 13.1 Å². The van der Waals surface area contributed by atoms with Crippen LogP contribution < -0.4 is 21.9 Å². The van der Waals surface area contributed by atoms with Crippen molar-refractivity contribution in [3.8, 4) is 0 Å². The van der Waals surface area contributed by atoms with Gasteiger partial charge in [0.05, 0.1) is 6.54 Å². The summed E-state index contributed by atoms with van der Waals surface area (Å²) < 4.78 is 2.38. The van der Waals surface area contributed by atoms with E-state index in [1.54, 1.807) is 0 Å². The van der Waals surface area contributed by atoms with Crippen LogP contribution in [0.3, 0.4) is 0 Å². The van der Waals surface area contributed by atoms with E-state index in [9.17, 15) is 14.4 Å². The van der Waals surface area contributed by atoms with Crippen molar-refractivity contribution in [3.05, 3.63) is 69.0 Å². The molecule has 0 radical (unpaired) electrons. The summed E-state index contributed by atoms with van der Waals surface area (Å²) in [5.74, 6) is -0.360. The number of nitrogens with zero attached hydrogens (tertiary/aromatic N) is 2. The third-order valence-corrected chi connectivity index (χ3v) is 3.80. The Balaban J connectivity index is 0.00000338. The van der Waals surface area contributed by atoms with Crippen LogP contribution in [0.15, 0.2) is 52.2 Å². The molecule has 2 aromatic rings. The van der Waals surface area contributed by atoms with Gasteiger partial charge in [-0.05, 0) is 19.0 Å². The molecule has 2 rings (SSSR count). The van der Waals surface area contributed by atoms with Gasteiger partial charge in [0.2, 0.25) is 5.91 Å². The third-order valence-electron chi connectivity index (χ3n) is 3.80. The highest BCUT2D eigenvalue weighted by Crippen LogP contribution is 1.99. The van der Waals surface area contributed by atoms with E-state index in [0.717, 1.165) is 16.7 Å². The number of amides is 1. The van der Waals surface area contributed by atoms with Crippen molar-refractivity contribution in [1.29, 1.82) is 0 Å². The van der Waals surface area contributed by atoms with Gasteiger partial charge in [0.15, 0.2) is 0 Å². The minimum Gasteiger partial charge on any atom is -0.353 e. The summed E-state index contributed by atoms with van der Waals surface area (Å²) in [5.41, 5.74) is -0.0332. The number of hydrogen-bond donors (Lipinski definition) is 2. The second-order valence-electron chi connectivity index (χ2n) is 5.90. The highest BCUT2D eigenvalue weighted by atomic mass is 35.5. The molecule has 0 aliphatic rings. The standard InChI is InChI=1S/C18H24N4O3.ClH/c1-3-19-14(2)11-20-16(23)13-22-17(24)9-10-21(18(22)25)12-15-7-5-4-6-8-15;/h4-10,14,19H,3,11-13H2,1-2H3,(H,20,23);1H/t14-;/m1./s1. The lowest BCUT2D eigenvalue weighted by Gasteiger charge is -2.14. The lowest BCUT2D eigenvalue weighted by molar-refractivity contribution is -0.121. The van der Waals surface area contributed by atoms with Gasteiger partial charge in [-0.1, -0.05) is 37.3 Å². The third kappa shape index (κ3) is 6.16. The maximum atomic E-state index is 12.5. The molecule has 0 unspecified atom stereocenters. The van der Waals surface area contributed by atoms with Gasteiger partial charge in [0, 0.05) is 24.8 Å². The van der Waals surface area contributed by atoms with Crippen molar-refractivity contribution in [2.24, 2.45) is 0 Å². The number of benzene rings is 1. The molecule has 1 amide bonds. The van der Waals surface area contributed by atoms with Crippen LogP contribution in [0.5, 0.6) is 0 Å². The van der Waals surface area contributed by atoms with Gasteiger partial charge in [-0.15, -0.1) is 12.4 Å². The van der Waals surface area contributed by atoms with Crippen LogP contribution in [0.1, 0.15) is 19.4 Å². The van der Waals surface area contributed by atoms with Crippen molar-refractivity contribution in [2.45, 2.75) is 33.0 Å². The highest BCUT2D eigenvalue weighted by Gasteiger charge is 2.11. The number of hydrogen-bond acceptors (Lipinski definition) is 4. The van der Waals surface area contributed by atoms with Crippen LogP contribution in [-0.2, 0) is 17.9 Å². The van der Waals surface area contributed by atoms with Gasteiger partial charge in [0.25, 0.3) is 5.56 Å². The van der Waals surface area contributed by atoms with Gasteiger partial charge < -0.3 is 10.6 Å². The molecule has 0 aliphatic carbocycles. The monoisotopic (exact) mass is 380 g/mol. The average molecular weight is 381 g/mol. The fraction of sp³-hybridized carbons (Fsp3) is 0.389. The van der Waals surface area contributed by atoms with Gasteiger partial charge in [-0.3, -0.25) is 18.7 Å². The normalized spacial score (nSPS) is 11.5. The largest absolute Gasteiger partial charge is 0.353 e. The molecule has 0 spiro atoms. The molecule has 0 saturated carbocycles. The van der Waals surface area contributed by atoms with Gasteiger partial charge in [0.1, 0.15) is 6.54 Å². The molecule has 0 fully saturated rings. The van der Waals surface area contributed by atoms with Gasteiger partial charge in [-0.25, -0.2) is 4.79 Å². The van der Waals surface area contributed by atoms with E-state index in [1.165, 1.54) is 16.8 Å². The predicted octanol–water partition coefficient (Wildman–Crippen LogP) is 0.594. The Bertz CT molecular complexity index is 817. The molecule has 8 heteroatoms. The molecule has 0 bridgehead atoms. The Morgan fingerprint density at radius 1 is 1.15 bits per heavy atom. The highest BCUT2D eigenvalue weighted by molar-refractivity contribution is 5.85. The number of carbonyl (C=O) groups excluding carboxylic acids is 1. The topological polar surface area (TPSA) is 85.1 Å². The summed E-state index contributed by atoms with van der Waals surface area (Å²) in [5, 5.41) is 5.90. The van der Waals surface area contributed by atoms with E-state index >= 15 is 0 Å². The fourth-order valence-electron chi connectivity index (χ4n) is 2.49. The minimum atomic E-state index is -0.494. The molecule has 7 nitrogen and oxygen atoms in total. The number of rotatable bonds is 8. The van der Waals surface area contributed by atoms with Crippen LogP contribution in [0, 0.1) is 0 Å². The zero-order chi connectivity index (χ0) is 18.2. The molecule has 26 heavy (non-hydrogen) atoms. The maximum absolute atomic E-state index is 12.5. The van der Waals surface area contributed by atoms with Gasteiger partial charge >= 0.3 is 5.69 Å². The van der Waals surface area contributed by atoms with Crippen LogP contribution in [0.2, 0.25) is 0 Å². The van der Waals surface area contributed by atoms with Crippen LogP contribution in [-0.4, -0.2) is 34.2 Å². The zero-order valence-corrected chi connectivity index (χ0v) is 15.8. The van der Waals surface area contributed by atoms with Crippen molar-refractivity contribution in [1.82, 2.24) is 19.8 Å². The van der Waals surface area contributed by atoms with E-state index in [2.05, 4.69) is 10.6 Å². The molecule has 1 atom stereocenters. The summed E-state index contributed by atoms with van der Waals surface area (Å²) in [6.07, 6.45) is 1.46. The molecule has 142 valence electrons. The Kier molecular flexibility index (Phi) is 8.81.